The molecule has 1 saturated carbocycles. The molecule has 5 rings (SSSR count). The van der Waals surface area contributed by atoms with Crippen molar-refractivity contribution in [3.63, 3.8) is 0 Å². The summed E-state index contributed by atoms with van der Waals surface area (Å²) in [5.74, 6) is 2.60. The van der Waals surface area contributed by atoms with Crippen molar-refractivity contribution in [2.45, 2.75) is 24.9 Å². The first kappa shape index (κ1) is 26.3. The molecular weight excluding hydrogens is 529 g/mol. The third-order valence-electron chi connectivity index (χ3n) is 6.73. The third kappa shape index (κ3) is 5.45. The van der Waals surface area contributed by atoms with E-state index in [-0.39, 0.29) is 18.0 Å². The quantitative estimate of drug-likeness (QED) is 0.301. The lowest BCUT2D eigenvalue weighted by Gasteiger charge is -2.21. The van der Waals surface area contributed by atoms with Crippen molar-refractivity contribution < 1.29 is 19.0 Å². The first-order valence-electron chi connectivity index (χ1n) is 12.3. The number of halogens is 2. The lowest BCUT2D eigenvalue weighted by Crippen LogP contribution is -2.45. The van der Waals surface area contributed by atoms with Crippen LogP contribution < -0.4 is 25.4 Å². The van der Waals surface area contributed by atoms with Crippen LogP contribution in [0.4, 0.5) is 11.6 Å². The number of nitrogens with zero attached hydrogens (tertiary/aromatic N) is 2. The Morgan fingerprint density at radius 1 is 1.13 bits per heavy atom. The zero-order valence-corrected chi connectivity index (χ0v) is 22.7. The lowest BCUT2D eigenvalue weighted by molar-refractivity contribution is -0.117. The minimum Gasteiger partial charge on any atom is -0.495 e. The molecule has 3 aromatic rings. The molecule has 2 fully saturated rings. The number of benzene rings is 1. The molecule has 1 aliphatic carbocycles. The SMILES string of the molecule is C=CC(=O)NC1COCC1Nc1cc2c(NCC3CC3)nc(-c3c(Cl)c(OC)cc(OC)c3Cl)cc2cn1. The number of fused-ring (bicyclic) bond motifs is 1. The van der Waals surface area contributed by atoms with Crippen LogP contribution in [0.25, 0.3) is 22.0 Å². The molecular formula is C27H29Cl2N5O4. The van der Waals surface area contributed by atoms with Crippen LogP contribution in [0, 0.1) is 5.92 Å². The third-order valence-corrected chi connectivity index (χ3v) is 7.48. The molecule has 1 amide bonds. The lowest BCUT2D eigenvalue weighted by atomic mass is 10.1. The Balaban J connectivity index is 1.54. The second kappa shape index (κ2) is 11.2. The highest BCUT2D eigenvalue weighted by molar-refractivity contribution is 6.41. The number of pyridine rings is 2. The molecule has 3 heterocycles. The molecule has 0 radical (unpaired) electrons. The number of hydrogen-bond acceptors (Lipinski definition) is 8. The minimum absolute atomic E-state index is 0.138. The van der Waals surface area contributed by atoms with Gasteiger partial charge in [-0.25, -0.2) is 9.97 Å². The molecule has 2 aromatic heterocycles. The molecule has 0 spiro atoms. The Labute approximate surface area is 230 Å². The van der Waals surface area contributed by atoms with Crippen molar-refractivity contribution in [3.05, 3.63) is 47.1 Å². The summed E-state index contributed by atoms with van der Waals surface area (Å²) in [6, 6.07) is 5.16. The fraction of sp³-hybridized carbons (Fsp3) is 0.370. The maximum atomic E-state index is 11.8. The van der Waals surface area contributed by atoms with Crippen LogP contribution in [0.15, 0.2) is 37.1 Å². The summed E-state index contributed by atoms with van der Waals surface area (Å²) in [6.07, 6.45) is 5.42. The fourth-order valence-electron chi connectivity index (χ4n) is 4.43. The fourth-order valence-corrected chi connectivity index (χ4v) is 5.13. The monoisotopic (exact) mass is 557 g/mol. The minimum atomic E-state index is -0.242. The van der Waals surface area contributed by atoms with E-state index in [1.807, 2.05) is 12.1 Å². The van der Waals surface area contributed by atoms with Crippen molar-refractivity contribution in [1.29, 1.82) is 0 Å². The summed E-state index contributed by atoms with van der Waals surface area (Å²) < 4.78 is 16.5. The van der Waals surface area contributed by atoms with Crippen LogP contribution >= 0.6 is 23.2 Å². The standard InChI is InChI=1S/C27H29Cl2N5O4/c1-4-23(35)33-19-13-38-12-18(19)32-22-8-16-15(11-30-22)7-17(34-27(16)31-10-14-5-6-14)24-25(28)20(36-2)9-21(37-3)26(24)29/h4,7-9,11,14,18-19H,1,5-6,10,12-13H2,2-3H3,(H,30,32)(H,31,34)(H,33,35). The van der Waals surface area contributed by atoms with E-state index in [4.69, 9.17) is 42.4 Å². The van der Waals surface area contributed by atoms with Gasteiger partial charge in [0.1, 0.15) is 23.1 Å². The number of carbonyl (C=O) groups excluding carboxylic acids is 1. The number of hydrogen-bond donors (Lipinski definition) is 3. The highest BCUT2D eigenvalue weighted by Crippen LogP contribution is 2.46. The Hall–Kier alpha value is -3.27. The second-order valence-corrected chi connectivity index (χ2v) is 10.1. The van der Waals surface area contributed by atoms with Crippen LogP contribution in [-0.2, 0) is 9.53 Å². The number of carbonyl (C=O) groups is 1. The largest absolute Gasteiger partial charge is 0.495 e. The maximum absolute atomic E-state index is 11.8. The predicted octanol–water partition coefficient (Wildman–Crippen LogP) is 4.92. The summed E-state index contributed by atoms with van der Waals surface area (Å²) in [6.45, 7) is 5.19. The highest BCUT2D eigenvalue weighted by Gasteiger charge is 2.30. The van der Waals surface area contributed by atoms with Gasteiger partial charge in [0.15, 0.2) is 0 Å². The molecule has 200 valence electrons. The summed E-state index contributed by atoms with van der Waals surface area (Å²) in [4.78, 5) is 21.4. The number of methoxy groups -OCH3 is 2. The van der Waals surface area contributed by atoms with E-state index >= 15 is 0 Å². The van der Waals surface area contributed by atoms with Crippen LogP contribution in [0.5, 0.6) is 11.5 Å². The van der Waals surface area contributed by atoms with E-state index in [2.05, 4.69) is 27.5 Å². The van der Waals surface area contributed by atoms with Crippen LogP contribution in [-0.4, -0.2) is 61.9 Å². The topological polar surface area (TPSA) is 107 Å². The number of amides is 1. The van der Waals surface area contributed by atoms with Gasteiger partial charge in [-0.15, -0.1) is 0 Å². The van der Waals surface area contributed by atoms with Crippen molar-refractivity contribution in [2.24, 2.45) is 5.92 Å². The molecule has 38 heavy (non-hydrogen) atoms. The second-order valence-electron chi connectivity index (χ2n) is 9.36. The van der Waals surface area contributed by atoms with Gasteiger partial charge in [0, 0.05) is 35.1 Å². The van der Waals surface area contributed by atoms with Gasteiger partial charge in [0.05, 0.1) is 55.3 Å². The van der Waals surface area contributed by atoms with Crippen molar-refractivity contribution in [2.75, 3.05) is 44.6 Å². The van der Waals surface area contributed by atoms with E-state index < -0.39 is 0 Å². The van der Waals surface area contributed by atoms with E-state index in [1.54, 1.807) is 12.3 Å². The van der Waals surface area contributed by atoms with Crippen LogP contribution in [0.1, 0.15) is 12.8 Å². The number of rotatable bonds is 10. The maximum Gasteiger partial charge on any atom is 0.243 e. The zero-order valence-electron chi connectivity index (χ0n) is 21.1. The summed E-state index contributed by atoms with van der Waals surface area (Å²) in [5.41, 5.74) is 1.09. The number of anilines is 2. The molecule has 11 heteroatoms. The van der Waals surface area contributed by atoms with Gasteiger partial charge in [-0.05, 0) is 37.0 Å². The van der Waals surface area contributed by atoms with Gasteiger partial charge in [-0.1, -0.05) is 29.8 Å². The van der Waals surface area contributed by atoms with Crippen molar-refractivity contribution in [1.82, 2.24) is 15.3 Å². The Morgan fingerprint density at radius 3 is 2.50 bits per heavy atom. The molecule has 2 atom stereocenters. The summed E-state index contributed by atoms with van der Waals surface area (Å²) in [7, 11) is 3.08. The van der Waals surface area contributed by atoms with Gasteiger partial charge in [0.25, 0.3) is 0 Å². The van der Waals surface area contributed by atoms with Gasteiger partial charge < -0.3 is 30.2 Å². The van der Waals surface area contributed by atoms with Gasteiger partial charge in [-0.3, -0.25) is 4.79 Å². The number of nitrogens with one attached hydrogen (secondary N) is 3. The zero-order chi connectivity index (χ0) is 26.8. The predicted molar refractivity (Wildman–Crippen MR) is 150 cm³/mol. The van der Waals surface area contributed by atoms with Crippen LogP contribution in [0.2, 0.25) is 10.0 Å². The molecule has 1 saturated heterocycles. The molecule has 2 unspecified atom stereocenters. The van der Waals surface area contributed by atoms with Gasteiger partial charge in [-0.2, -0.15) is 0 Å². The average Bonchev–Trinajstić information content (AvgIpc) is 3.66. The molecule has 9 nitrogen and oxygen atoms in total. The Bertz CT molecular complexity index is 1350. The van der Waals surface area contributed by atoms with E-state index in [0.717, 1.165) is 17.3 Å². The Kier molecular flexibility index (Phi) is 7.78. The van der Waals surface area contributed by atoms with E-state index in [9.17, 15) is 4.79 Å². The number of aromatic nitrogens is 2. The normalized spacial score (nSPS) is 18.7. The van der Waals surface area contributed by atoms with Crippen molar-refractivity contribution >= 4 is 51.5 Å². The smallest absolute Gasteiger partial charge is 0.243 e. The summed E-state index contributed by atoms with van der Waals surface area (Å²) in [5, 5.41) is 12.2. The molecule has 1 aromatic carbocycles. The molecule has 1 aliphatic heterocycles. The van der Waals surface area contributed by atoms with Crippen molar-refractivity contribution in [3.8, 4) is 22.8 Å². The highest BCUT2D eigenvalue weighted by atomic mass is 35.5. The first-order valence-corrected chi connectivity index (χ1v) is 13.1. The van der Waals surface area contributed by atoms with Crippen LogP contribution in [0.3, 0.4) is 0 Å². The number of ether oxygens (including phenoxy) is 3. The van der Waals surface area contributed by atoms with Gasteiger partial charge >= 0.3 is 0 Å². The van der Waals surface area contributed by atoms with Gasteiger partial charge in [0.2, 0.25) is 5.91 Å². The van der Waals surface area contributed by atoms with E-state index in [0.29, 0.717) is 63.6 Å². The van der Waals surface area contributed by atoms with E-state index in [1.165, 1.54) is 33.1 Å². The molecule has 2 aliphatic rings. The first-order chi connectivity index (χ1) is 18.4. The molecule has 0 bridgehead atoms. The average molecular weight is 558 g/mol. The Morgan fingerprint density at radius 2 is 1.84 bits per heavy atom. The molecule has 3 N–H and O–H groups in total. The summed E-state index contributed by atoms with van der Waals surface area (Å²) >= 11 is 13.4.